The highest BCUT2D eigenvalue weighted by Crippen LogP contribution is 2.15. The topological polar surface area (TPSA) is 82.6 Å². The largest absolute Gasteiger partial charge is 0.357 e. The van der Waals surface area contributed by atoms with Crippen LogP contribution in [0.4, 0.5) is 0 Å². The first-order valence-electron chi connectivity index (χ1n) is 8.77. The molecule has 27 heavy (non-hydrogen) atoms. The fourth-order valence-corrected chi connectivity index (χ4v) is 3.89. The zero-order chi connectivity index (χ0) is 19.5. The van der Waals surface area contributed by atoms with E-state index >= 15 is 0 Å². The minimum atomic E-state index is -3.45. The summed E-state index contributed by atoms with van der Waals surface area (Å²) in [5.41, 5.74) is 0.835. The zero-order valence-electron chi connectivity index (χ0n) is 15.6. The van der Waals surface area contributed by atoms with E-state index < -0.39 is 10.0 Å². The average Bonchev–Trinajstić information content (AvgIpc) is 2.70. The van der Waals surface area contributed by atoms with Gasteiger partial charge in [0.15, 0.2) is 5.96 Å². The fraction of sp³-hybridized carbons (Fsp3) is 0.316. The number of aliphatic imine (C=N–C) groups is 1. The highest BCUT2D eigenvalue weighted by Gasteiger charge is 2.11. The smallest absolute Gasteiger partial charge is 0.240 e. The van der Waals surface area contributed by atoms with Gasteiger partial charge in [0.25, 0.3) is 0 Å². The second-order valence-electron chi connectivity index (χ2n) is 5.64. The van der Waals surface area contributed by atoms with Gasteiger partial charge in [-0.15, -0.1) is 11.8 Å². The van der Waals surface area contributed by atoms with Crippen molar-refractivity contribution in [3.05, 3.63) is 60.2 Å². The van der Waals surface area contributed by atoms with E-state index in [0.717, 1.165) is 24.4 Å². The summed E-state index contributed by atoms with van der Waals surface area (Å²) in [6.45, 7) is 3.94. The van der Waals surface area contributed by atoms with Crippen molar-refractivity contribution in [3.8, 4) is 0 Å². The van der Waals surface area contributed by atoms with Gasteiger partial charge in [-0.05, 0) is 43.8 Å². The van der Waals surface area contributed by atoms with Crippen molar-refractivity contribution in [2.24, 2.45) is 4.99 Å². The van der Waals surface area contributed by atoms with E-state index in [-0.39, 0.29) is 4.90 Å². The number of sulfonamides is 1. The molecule has 0 amide bonds. The van der Waals surface area contributed by atoms with E-state index in [1.165, 1.54) is 11.9 Å². The fourth-order valence-electron chi connectivity index (χ4n) is 2.30. The molecule has 0 saturated carbocycles. The Labute approximate surface area is 165 Å². The molecule has 0 radical (unpaired) electrons. The van der Waals surface area contributed by atoms with E-state index in [9.17, 15) is 8.42 Å². The summed E-state index contributed by atoms with van der Waals surface area (Å²) in [5.74, 6) is 1.64. The normalized spacial score (nSPS) is 12.0. The molecule has 6 nitrogen and oxygen atoms in total. The van der Waals surface area contributed by atoms with Crippen LogP contribution in [0, 0.1) is 0 Å². The predicted octanol–water partition coefficient (Wildman–Crippen LogP) is 2.44. The van der Waals surface area contributed by atoms with Gasteiger partial charge in [0.1, 0.15) is 0 Å². The van der Waals surface area contributed by atoms with Crippen molar-refractivity contribution in [2.45, 2.75) is 23.3 Å². The molecule has 0 atom stereocenters. The molecule has 2 aromatic rings. The molecular formula is C19H26N4O2S2. The van der Waals surface area contributed by atoms with Gasteiger partial charge in [-0.2, -0.15) is 0 Å². The standard InChI is InChI=1S/C19H26N4O2S2/c1-3-21-19(22-12-13-26-17-9-5-4-6-10-17)23-15-16-8-7-11-18(14-16)27(24,25)20-2/h4-11,14,20H,3,12-13,15H2,1-2H3,(H2,21,22,23). The van der Waals surface area contributed by atoms with E-state index in [1.807, 2.05) is 31.2 Å². The number of nitrogens with one attached hydrogen (secondary N) is 3. The summed E-state index contributed by atoms with van der Waals surface area (Å²) >= 11 is 1.78. The Morgan fingerprint density at radius 1 is 1.07 bits per heavy atom. The van der Waals surface area contributed by atoms with Crippen molar-refractivity contribution >= 4 is 27.7 Å². The summed E-state index contributed by atoms with van der Waals surface area (Å²) in [6.07, 6.45) is 0. The Bertz CT molecular complexity index is 840. The monoisotopic (exact) mass is 406 g/mol. The van der Waals surface area contributed by atoms with Gasteiger partial charge >= 0.3 is 0 Å². The van der Waals surface area contributed by atoms with E-state index in [1.54, 1.807) is 30.0 Å². The second-order valence-corrected chi connectivity index (χ2v) is 8.69. The van der Waals surface area contributed by atoms with Crippen LogP contribution >= 0.6 is 11.8 Å². The molecule has 0 heterocycles. The number of guanidine groups is 1. The summed E-state index contributed by atoms with van der Waals surface area (Å²) in [7, 11) is -2.04. The van der Waals surface area contributed by atoms with Crippen LogP contribution in [0.3, 0.4) is 0 Å². The summed E-state index contributed by atoms with van der Waals surface area (Å²) in [6, 6.07) is 17.1. The number of thioether (sulfide) groups is 1. The second kappa shape index (κ2) is 11.0. The molecule has 0 aliphatic carbocycles. The maximum Gasteiger partial charge on any atom is 0.240 e. The SMILES string of the molecule is CCNC(=NCc1cccc(S(=O)(=O)NC)c1)NCCSc1ccccc1. The van der Waals surface area contributed by atoms with E-state index in [2.05, 4.69) is 32.5 Å². The molecule has 2 aromatic carbocycles. The first-order chi connectivity index (χ1) is 13.0. The van der Waals surface area contributed by atoms with Crippen LogP contribution in [0.15, 0.2) is 69.4 Å². The van der Waals surface area contributed by atoms with Crippen LogP contribution in [0.25, 0.3) is 0 Å². The molecule has 0 spiro atoms. The van der Waals surface area contributed by atoms with E-state index in [0.29, 0.717) is 12.5 Å². The van der Waals surface area contributed by atoms with Crippen molar-refractivity contribution in [3.63, 3.8) is 0 Å². The van der Waals surface area contributed by atoms with Gasteiger partial charge < -0.3 is 10.6 Å². The highest BCUT2D eigenvalue weighted by atomic mass is 32.2. The number of rotatable bonds is 9. The number of nitrogens with zero attached hydrogens (tertiary/aromatic N) is 1. The molecule has 146 valence electrons. The summed E-state index contributed by atoms with van der Waals surface area (Å²) < 4.78 is 26.1. The molecule has 3 N–H and O–H groups in total. The molecule has 8 heteroatoms. The third kappa shape index (κ3) is 7.24. The number of hydrogen-bond acceptors (Lipinski definition) is 4. The Kier molecular flexibility index (Phi) is 8.63. The molecule has 0 unspecified atom stereocenters. The lowest BCUT2D eigenvalue weighted by Crippen LogP contribution is -2.38. The molecule has 0 saturated heterocycles. The Morgan fingerprint density at radius 2 is 1.85 bits per heavy atom. The quantitative estimate of drug-likeness (QED) is 0.258. The molecular weight excluding hydrogens is 380 g/mol. The maximum absolute atomic E-state index is 11.9. The lowest BCUT2D eigenvalue weighted by molar-refractivity contribution is 0.588. The summed E-state index contributed by atoms with van der Waals surface area (Å²) in [4.78, 5) is 6.03. The molecule has 0 aliphatic heterocycles. The van der Waals surface area contributed by atoms with Crippen LogP contribution < -0.4 is 15.4 Å². The highest BCUT2D eigenvalue weighted by molar-refractivity contribution is 7.99. The molecule has 0 aliphatic rings. The predicted molar refractivity (Wildman–Crippen MR) is 113 cm³/mol. The Morgan fingerprint density at radius 3 is 2.56 bits per heavy atom. The van der Waals surface area contributed by atoms with Gasteiger partial charge in [0.2, 0.25) is 10.0 Å². The summed E-state index contributed by atoms with van der Waals surface area (Å²) in [5, 5.41) is 6.51. The zero-order valence-corrected chi connectivity index (χ0v) is 17.2. The first-order valence-corrected chi connectivity index (χ1v) is 11.2. The average molecular weight is 407 g/mol. The van der Waals surface area contributed by atoms with Crippen molar-refractivity contribution in [1.29, 1.82) is 0 Å². The van der Waals surface area contributed by atoms with Crippen LogP contribution in [-0.4, -0.2) is 40.3 Å². The minimum absolute atomic E-state index is 0.245. The maximum atomic E-state index is 11.9. The molecule has 0 bridgehead atoms. The van der Waals surface area contributed by atoms with Crippen molar-refractivity contribution < 1.29 is 8.42 Å². The van der Waals surface area contributed by atoms with Gasteiger partial charge in [0, 0.05) is 23.7 Å². The lowest BCUT2D eigenvalue weighted by atomic mass is 10.2. The third-order valence-corrected chi connectivity index (χ3v) is 6.07. The Balaban J connectivity index is 1.92. The van der Waals surface area contributed by atoms with Crippen LogP contribution in [0.1, 0.15) is 12.5 Å². The molecule has 0 aromatic heterocycles. The minimum Gasteiger partial charge on any atom is -0.357 e. The van der Waals surface area contributed by atoms with Gasteiger partial charge in [0.05, 0.1) is 11.4 Å². The lowest BCUT2D eigenvalue weighted by Gasteiger charge is -2.11. The Hall–Kier alpha value is -2.03. The van der Waals surface area contributed by atoms with Crippen molar-refractivity contribution in [2.75, 3.05) is 25.9 Å². The molecule has 2 rings (SSSR count). The van der Waals surface area contributed by atoms with Crippen LogP contribution in [-0.2, 0) is 16.6 Å². The number of benzene rings is 2. The van der Waals surface area contributed by atoms with E-state index in [4.69, 9.17) is 0 Å². The third-order valence-electron chi connectivity index (χ3n) is 3.65. The van der Waals surface area contributed by atoms with Gasteiger partial charge in [-0.1, -0.05) is 30.3 Å². The number of hydrogen-bond donors (Lipinski definition) is 3. The molecule has 0 fully saturated rings. The van der Waals surface area contributed by atoms with Gasteiger partial charge in [-0.3, -0.25) is 0 Å². The van der Waals surface area contributed by atoms with Crippen LogP contribution in [0.2, 0.25) is 0 Å². The van der Waals surface area contributed by atoms with Crippen LogP contribution in [0.5, 0.6) is 0 Å². The van der Waals surface area contributed by atoms with Crippen molar-refractivity contribution in [1.82, 2.24) is 15.4 Å². The first kappa shape index (κ1) is 21.3. The van der Waals surface area contributed by atoms with Gasteiger partial charge in [-0.25, -0.2) is 18.1 Å².